The van der Waals surface area contributed by atoms with Gasteiger partial charge in [0.2, 0.25) is 0 Å². The summed E-state index contributed by atoms with van der Waals surface area (Å²) >= 11 is 1.63. The van der Waals surface area contributed by atoms with Gasteiger partial charge >= 0.3 is 0 Å². The van der Waals surface area contributed by atoms with E-state index in [1.165, 1.54) is 0 Å². The zero-order chi connectivity index (χ0) is 17.8. The third-order valence-corrected chi connectivity index (χ3v) is 5.52. The topological polar surface area (TPSA) is 39.6 Å². The predicted molar refractivity (Wildman–Crippen MR) is 99.5 cm³/mol. The Balaban J connectivity index is 1.56. The first-order chi connectivity index (χ1) is 12.0. The molecule has 0 unspecified atom stereocenters. The first-order valence-corrected chi connectivity index (χ1v) is 9.60. The Labute approximate surface area is 152 Å². The molecule has 4 nitrogen and oxygen atoms in total. The number of hydrogen-bond acceptors (Lipinski definition) is 5. The van der Waals surface area contributed by atoms with E-state index in [0.29, 0.717) is 26.1 Å². The third kappa shape index (κ3) is 5.07. The maximum Gasteiger partial charge on any atom is 0.114 e. The van der Waals surface area contributed by atoms with Crippen LogP contribution in [-0.4, -0.2) is 58.8 Å². The van der Waals surface area contributed by atoms with Crippen molar-refractivity contribution in [2.45, 2.75) is 38.2 Å². The standard InChI is InChI=1S/C19H26FN3OS/c1-14-21-17(13-25-14)10-23-9-16(20)8-18(23)11-22(2)12-19(24)15-6-4-3-5-7-15/h3-7,13,16,18-19,24H,8-12H2,1-2H3/t16-,18-,19-/m0/s1. The van der Waals surface area contributed by atoms with Crippen molar-refractivity contribution in [3.8, 4) is 0 Å². The highest BCUT2D eigenvalue weighted by Crippen LogP contribution is 2.24. The predicted octanol–water partition coefficient (Wildman–Crippen LogP) is 3.03. The molecular formula is C19H26FN3OS. The number of aliphatic hydroxyl groups excluding tert-OH is 1. The molecule has 6 heteroatoms. The zero-order valence-electron chi connectivity index (χ0n) is 14.8. The SMILES string of the molecule is Cc1nc(CN2C[C@@H](F)C[C@H]2CN(C)C[C@H](O)c2ccccc2)cs1. The lowest BCUT2D eigenvalue weighted by atomic mass is 10.1. The van der Waals surface area contributed by atoms with Gasteiger partial charge in [-0.2, -0.15) is 0 Å². The minimum atomic E-state index is -0.780. The van der Waals surface area contributed by atoms with Crippen LogP contribution < -0.4 is 0 Å². The first-order valence-electron chi connectivity index (χ1n) is 8.72. The second-order valence-electron chi connectivity index (χ2n) is 6.92. The van der Waals surface area contributed by atoms with Gasteiger partial charge < -0.3 is 10.0 Å². The number of aliphatic hydroxyl groups is 1. The Morgan fingerprint density at radius 1 is 1.40 bits per heavy atom. The van der Waals surface area contributed by atoms with Gasteiger partial charge in [-0.1, -0.05) is 30.3 Å². The van der Waals surface area contributed by atoms with Crippen molar-refractivity contribution >= 4 is 11.3 Å². The minimum Gasteiger partial charge on any atom is -0.387 e. The van der Waals surface area contributed by atoms with Gasteiger partial charge in [0.15, 0.2) is 0 Å². The molecule has 25 heavy (non-hydrogen) atoms. The summed E-state index contributed by atoms with van der Waals surface area (Å²) in [6, 6.07) is 9.83. The number of likely N-dealkylation sites (N-methyl/N-ethyl adjacent to an activating group) is 1. The van der Waals surface area contributed by atoms with Crippen molar-refractivity contribution in [1.29, 1.82) is 0 Å². The summed E-state index contributed by atoms with van der Waals surface area (Å²) < 4.78 is 14.0. The molecule has 1 aliphatic heterocycles. The average Bonchev–Trinajstić information content (AvgIpc) is 3.14. The average molecular weight is 364 g/mol. The van der Waals surface area contributed by atoms with Crippen LogP contribution in [-0.2, 0) is 6.54 Å². The smallest absolute Gasteiger partial charge is 0.114 e. The molecule has 1 saturated heterocycles. The Morgan fingerprint density at radius 2 is 2.16 bits per heavy atom. The number of thiazole rings is 1. The van der Waals surface area contributed by atoms with Gasteiger partial charge in [0.25, 0.3) is 0 Å². The van der Waals surface area contributed by atoms with Crippen LogP contribution >= 0.6 is 11.3 Å². The fraction of sp³-hybridized carbons (Fsp3) is 0.526. The molecule has 3 atom stereocenters. The lowest BCUT2D eigenvalue weighted by Crippen LogP contribution is -2.39. The molecule has 3 rings (SSSR count). The van der Waals surface area contributed by atoms with Crippen LogP contribution in [0.5, 0.6) is 0 Å². The Kier molecular flexibility index (Phi) is 6.17. The number of alkyl halides is 1. The summed E-state index contributed by atoms with van der Waals surface area (Å²) in [6.07, 6.45) is -0.755. The van der Waals surface area contributed by atoms with Crippen molar-refractivity contribution in [2.75, 3.05) is 26.7 Å². The molecule has 0 radical (unpaired) electrons. The molecule has 0 spiro atoms. The maximum absolute atomic E-state index is 14.0. The van der Waals surface area contributed by atoms with Gasteiger partial charge in [-0.25, -0.2) is 9.37 Å². The number of aryl methyl sites for hydroxylation is 1. The number of halogens is 1. The van der Waals surface area contributed by atoms with Crippen LogP contribution in [0.2, 0.25) is 0 Å². The van der Waals surface area contributed by atoms with Gasteiger partial charge in [-0.15, -0.1) is 11.3 Å². The van der Waals surface area contributed by atoms with Crippen LogP contribution in [0.15, 0.2) is 35.7 Å². The number of rotatable bonds is 7. The number of nitrogens with zero attached hydrogens (tertiary/aromatic N) is 3. The van der Waals surface area contributed by atoms with Crippen LogP contribution in [0.4, 0.5) is 4.39 Å². The van der Waals surface area contributed by atoms with Crippen molar-refractivity contribution in [2.24, 2.45) is 0 Å². The van der Waals surface area contributed by atoms with Crippen molar-refractivity contribution < 1.29 is 9.50 Å². The zero-order valence-corrected chi connectivity index (χ0v) is 15.6. The molecule has 2 aromatic rings. The van der Waals surface area contributed by atoms with E-state index in [1.54, 1.807) is 11.3 Å². The van der Waals surface area contributed by atoms with E-state index in [1.807, 2.05) is 44.3 Å². The fourth-order valence-electron chi connectivity index (χ4n) is 3.51. The lowest BCUT2D eigenvalue weighted by Gasteiger charge is -2.29. The summed E-state index contributed by atoms with van der Waals surface area (Å²) in [4.78, 5) is 8.78. The lowest BCUT2D eigenvalue weighted by molar-refractivity contribution is 0.107. The van der Waals surface area contributed by atoms with E-state index in [9.17, 15) is 9.50 Å². The van der Waals surface area contributed by atoms with E-state index >= 15 is 0 Å². The normalized spacial score (nSPS) is 22.6. The van der Waals surface area contributed by atoms with Gasteiger partial charge in [0.05, 0.1) is 16.8 Å². The Hall–Kier alpha value is -1.34. The maximum atomic E-state index is 14.0. The molecule has 1 aromatic carbocycles. The highest BCUT2D eigenvalue weighted by atomic mass is 32.1. The van der Waals surface area contributed by atoms with E-state index in [-0.39, 0.29) is 6.04 Å². The third-order valence-electron chi connectivity index (χ3n) is 4.70. The minimum absolute atomic E-state index is 0.157. The summed E-state index contributed by atoms with van der Waals surface area (Å²) in [5.74, 6) is 0. The second kappa shape index (κ2) is 8.36. The molecule has 136 valence electrons. The van der Waals surface area contributed by atoms with Gasteiger partial charge in [0, 0.05) is 37.6 Å². The summed E-state index contributed by atoms with van der Waals surface area (Å²) in [5.41, 5.74) is 1.94. The Morgan fingerprint density at radius 3 is 2.84 bits per heavy atom. The second-order valence-corrected chi connectivity index (χ2v) is 7.98. The van der Waals surface area contributed by atoms with Crippen LogP contribution in [0, 0.1) is 6.92 Å². The molecule has 1 aromatic heterocycles. The number of likely N-dealkylation sites (tertiary alicyclic amines) is 1. The molecule has 1 aliphatic rings. The van der Waals surface area contributed by atoms with Crippen LogP contribution in [0.1, 0.15) is 28.8 Å². The van der Waals surface area contributed by atoms with Gasteiger partial charge in [-0.05, 0) is 26.0 Å². The molecule has 2 heterocycles. The first kappa shape index (κ1) is 18.5. The molecule has 1 fully saturated rings. The monoisotopic (exact) mass is 363 g/mol. The summed E-state index contributed by atoms with van der Waals surface area (Å²) in [7, 11) is 1.99. The quantitative estimate of drug-likeness (QED) is 0.821. The van der Waals surface area contributed by atoms with Crippen molar-refractivity contribution in [1.82, 2.24) is 14.8 Å². The van der Waals surface area contributed by atoms with Crippen molar-refractivity contribution in [3.05, 3.63) is 52.0 Å². The largest absolute Gasteiger partial charge is 0.387 e. The highest BCUT2D eigenvalue weighted by molar-refractivity contribution is 7.09. The van der Waals surface area contributed by atoms with Gasteiger partial charge in [0.1, 0.15) is 6.17 Å². The highest BCUT2D eigenvalue weighted by Gasteiger charge is 2.33. The molecule has 0 bridgehead atoms. The molecule has 0 saturated carbocycles. The van der Waals surface area contributed by atoms with Crippen LogP contribution in [0.25, 0.3) is 0 Å². The Bertz CT molecular complexity index is 666. The van der Waals surface area contributed by atoms with E-state index in [0.717, 1.165) is 22.8 Å². The number of hydrogen-bond donors (Lipinski definition) is 1. The molecule has 1 N–H and O–H groups in total. The summed E-state index contributed by atoms with van der Waals surface area (Å²) in [6.45, 7) is 4.45. The number of aromatic nitrogens is 1. The van der Waals surface area contributed by atoms with E-state index in [4.69, 9.17) is 0 Å². The molecule has 0 aliphatic carbocycles. The molecular weight excluding hydrogens is 337 g/mol. The van der Waals surface area contributed by atoms with E-state index in [2.05, 4.69) is 20.2 Å². The van der Waals surface area contributed by atoms with Crippen molar-refractivity contribution in [3.63, 3.8) is 0 Å². The van der Waals surface area contributed by atoms with E-state index < -0.39 is 12.3 Å². The summed E-state index contributed by atoms with van der Waals surface area (Å²) in [5, 5.41) is 13.5. The van der Waals surface area contributed by atoms with Gasteiger partial charge in [-0.3, -0.25) is 4.90 Å². The van der Waals surface area contributed by atoms with Crippen LogP contribution in [0.3, 0.4) is 0 Å². The molecule has 0 amide bonds. The number of benzene rings is 1. The fourth-order valence-corrected chi connectivity index (χ4v) is 4.11.